The molecule has 0 radical (unpaired) electrons. The van der Waals surface area contributed by atoms with Gasteiger partial charge in [-0.1, -0.05) is 12.1 Å². The van der Waals surface area contributed by atoms with Crippen LogP contribution in [0.15, 0.2) is 28.7 Å². The maximum absolute atomic E-state index is 9.26. The third kappa shape index (κ3) is 0.821. The van der Waals surface area contributed by atoms with Crippen LogP contribution in [0.2, 0.25) is 0 Å². The number of rotatable bonds is 0. The number of nitrogens with one attached hydrogen (secondary N) is 1. The number of hydrogen-bond donors (Lipinski definition) is 3. The number of aromatic hydroxyl groups is 2. The van der Waals surface area contributed by atoms with Crippen LogP contribution in [0.1, 0.15) is 0 Å². The van der Waals surface area contributed by atoms with Gasteiger partial charge in [0, 0.05) is 22.9 Å². The maximum Gasteiger partial charge on any atom is 0.282 e. The number of furan rings is 1. The van der Waals surface area contributed by atoms with Crippen LogP contribution in [-0.4, -0.2) is 15.2 Å². The minimum absolute atomic E-state index is 0.0865. The van der Waals surface area contributed by atoms with Gasteiger partial charge in [0.1, 0.15) is 0 Å². The molecule has 0 saturated carbocycles. The average Bonchev–Trinajstić information content (AvgIpc) is 2.65. The highest BCUT2D eigenvalue weighted by molar-refractivity contribution is 6.03. The number of aromatic amines is 1. The van der Waals surface area contributed by atoms with Crippen molar-refractivity contribution in [3.8, 4) is 11.8 Å². The quantitative estimate of drug-likeness (QED) is 0.508. The Morgan fingerprint density at radius 1 is 1.07 bits per heavy atom. The van der Waals surface area contributed by atoms with Crippen LogP contribution in [0.25, 0.3) is 21.9 Å². The molecule has 0 saturated heterocycles. The Morgan fingerprint density at radius 2 is 1.86 bits per heavy atom. The molecule has 0 amide bonds. The lowest BCUT2D eigenvalue weighted by molar-refractivity contribution is 0.347. The SMILES string of the molecule is Oc1cc2ccc3cc(O)oc3c2[nH]1. The first-order chi connectivity index (χ1) is 6.74. The summed E-state index contributed by atoms with van der Waals surface area (Å²) < 4.78 is 5.11. The van der Waals surface area contributed by atoms with Gasteiger partial charge in [0.25, 0.3) is 5.95 Å². The Labute approximate surface area is 78.4 Å². The number of hydrogen-bond acceptors (Lipinski definition) is 3. The van der Waals surface area contributed by atoms with E-state index in [1.807, 2.05) is 12.1 Å². The number of H-pyrrole nitrogens is 1. The second-order valence-electron chi connectivity index (χ2n) is 3.19. The summed E-state index contributed by atoms with van der Waals surface area (Å²) in [4.78, 5) is 2.77. The predicted molar refractivity (Wildman–Crippen MR) is 51.4 cm³/mol. The Hall–Kier alpha value is -2.10. The van der Waals surface area contributed by atoms with E-state index in [-0.39, 0.29) is 11.8 Å². The fraction of sp³-hybridized carbons (Fsp3) is 0. The topological polar surface area (TPSA) is 69.4 Å². The summed E-state index contributed by atoms with van der Waals surface area (Å²) in [7, 11) is 0. The molecule has 0 spiro atoms. The zero-order chi connectivity index (χ0) is 9.71. The number of aromatic nitrogens is 1. The fourth-order valence-electron chi connectivity index (χ4n) is 1.67. The van der Waals surface area contributed by atoms with E-state index in [1.54, 1.807) is 6.07 Å². The zero-order valence-corrected chi connectivity index (χ0v) is 7.11. The first-order valence-electron chi connectivity index (χ1n) is 4.17. The van der Waals surface area contributed by atoms with Gasteiger partial charge < -0.3 is 19.6 Å². The molecule has 0 unspecified atom stereocenters. The lowest BCUT2D eigenvalue weighted by Crippen LogP contribution is -1.68. The predicted octanol–water partition coefficient (Wildman–Crippen LogP) is 2.33. The smallest absolute Gasteiger partial charge is 0.282 e. The molecule has 0 aliphatic heterocycles. The molecule has 2 aromatic heterocycles. The van der Waals surface area contributed by atoms with Crippen LogP contribution in [0, 0.1) is 0 Å². The second kappa shape index (κ2) is 2.23. The van der Waals surface area contributed by atoms with Crippen LogP contribution >= 0.6 is 0 Å². The summed E-state index contributed by atoms with van der Waals surface area (Å²) in [5, 5.41) is 20.1. The summed E-state index contributed by atoms with van der Waals surface area (Å²) in [6.45, 7) is 0. The van der Waals surface area contributed by atoms with Crippen molar-refractivity contribution >= 4 is 21.9 Å². The van der Waals surface area contributed by atoms with Gasteiger partial charge in [0.05, 0.1) is 5.52 Å². The molecule has 1 aromatic carbocycles. The molecule has 4 nitrogen and oxygen atoms in total. The van der Waals surface area contributed by atoms with E-state index in [1.165, 1.54) is 6.07 Å². The van der Waals surface area contributed by atoms with Crippen molar-refractivity contribution in [1.82, 2.24) is 4.98 Å². The zero-order valence-electron chi connectivity index (χ0n) is 7.11. The second-order valence-corrected chi connectivity index (χ2v) is 3.19. The third-order valence-electron chi connectivity index (χ3n) is 2.25. The van der Waals surface area contributed by atoms with E-state index in [0.29, 0.717) is 11.1 Å². The Kier molecular flexibility index (Phi) is 1.16. The van der Waals surface area contributed by atoms with Gasteiger partial charge in [0.2, 0.25) is 0 Å². The number of benzene rings is 1. The monoisotopic (exact) mass is 189 g/mol. The van der Waals surface area contributed by atoms with Crippen molar-refractivity contribution in [1.29, 1.82) is 0 Å². The highest BCUT2D eigenvalue weighted by Gasteiger charge is 2.08. The summed E-state index contributed by atoms with van der Waals surface area (Å²) in [5.41, 5.74) is 1.25. The van der Waals surface area contributed by atoms with Crippen molar-refractivity contribution in [3.05, 3.63) is 24.3 Å². The molecule has 0 aliphatic carbocycles. The molecule has 2 heterocycles. The highest BCUT2D eigenvalue weighted by atomic mass is 16.5. The lowest BCUT2D eigenvalue weighted by Gasteiger charge is -1.89. The summed E-state index contributed by atoms with van der Waals surface area (Å²) in [6, 6.07) is 6.82. The van der Waals surface area contributed by atoms with Crippen LogP contribution in [-0.2, 0) is 0 Å². The molecular weight excluding hydrogens is 182 g/mol. The first kappa shape index (κ1) is 7.32. The molecule has 0 aliphatic rings. The standard InChI is InChI=1S/C10H7NO3/c12-7-3-5-1-2-6-4-8(13)14-10(6)9(5)11-7/h1-4,11-13H. The van der Waals surface area contributed by atoms with Gasteiger partial charge in [-0.2, -0.15) is 0 Å². The minimum Gasteiger partial charge on any atom is -0.495 e. The molecule has 3 aromatic rings. The molecule has 4 heteroatoms. The lowest BCUT2D eigenvalue weighted by atomic mass is 10.2. The Morgan fingerprint density at radius 3 is 2.71 bits per heavy atom. The Balaban J connectivity index is 2.58. The maximum atomic E-state index is 9.26. The van der Waals surface area contributed by atoms with Gasteiger partial charge >= 0.3 is 0 Å². The van der Waals surface area contributed by atoms with Gasteiger partial charge in [-0.3, -0.25) is 0 Å². The molecule has 70 valence electrons. The molecular formula is C10H7NO3. The molecule has 3 N–H and O–H groups in total. The summed E-state index contributed by atoms with van der Waals surface area (Å²) in [5.74, 6) is -0.0371. The average molecular weight is 189 g/mol. The van der Waals surface area contributed by atoms with Crippen molar-refractivity contribution < 1.29 is 14.6 Å². The van der Waals surface area contributed by atoms with Crippen LogP contribution in [0.5, 0.6) is 11.8 Å². The van der Waals surface area contributed by atoms with Gasteiger partial charge in [-0.05, 0) is 0 Å². The normalized spacial score (nSPS) is 11.4. The minimum atomic E-state index is -0.124. The van der Waals surface area contributed by atoms with E-state index >= 15 is 0 Å². The third-order valence-corrected chi connectivity index (χ3v) is 2.25. The van der Waals surface area contributed by atoms with Gasteiger partial charge in [0.15, 0.2) is 11.5 Å². The molecule has 14 heavy (non-hydrogen) atoms. The molecule has 0 fully saturated rings. The Bertz CT molecular complexity index is 565. The molecule has 3 rings (SSSR count). The van der Waals surface area contributed by atoms with E-state index in [4.69, 9.17) is 4.42 Å². The van der Waals surface area contributed by atoms with Crippen molar-refractivity contribution in [2.45, 2.75) is 0 Å². The fourth-order valence-corrected chi connectivity index (χ4v) is 1.67. The van der Waals surface area contributed by atoms with Crippen molar-refractivity contribution in [3.63, 3.8) is 0 Å². The summed E-state index contributed by atoms with van der Waals surface area (Å²) >= 11 is 0. The molecule has 0 atom stereocenters. The van der Waals surface area contributed by atoms with Crippen LogP contribution < -0.4 is 0 Å². The largest absolute Gasteiger partial charge is 0.495 e. The van der Waals surface area contributed by atoms with Crippen molar-refractivity contribution in [2.24, 2.45) is 0 Å². The highest BCUT2D eigenvalue weighted by Crippen LogP contribution is 2.31. The van der Waals surface area contributed by atoms with Crippen LogP contribution in [0.4, 0.5) is 0 Å². The van der Waals surface area contributed by atoms with Crippen molar-refractivity contribution in [2.75, 3.05) is 0 Å². The van der Waals surface area contributed by atoms with Gasteiger partial charge in [-0.15, -0.1) is 0 Å². The van der Waals surface area contributed by atoms with E-state index in [2.05, 4.69) is 4.98 Å². The first-order valence-corrected chi connectivity index (χ1v) is 4.17. The van der Waals surface area contributed by atoms with E-state index < -0.39 is 0 Å². The number of fused-ring (bicyclic) bond motifs is 3. The van der Waals surface area contributed by atoms with E-state index in [0.717, 1.165) is 10.8 Å². The molecule has 0 bridgehead atoms. The summed E-state index contributed by atoms with van der Waals surface area (Å²) in [6.07, 6.45) is 0. The van der Waals surface area contributed by atoms with Gasteiger partial charge in [-0.25, -0.2) is 0 Å². The van der Waals surface area contributed by atoms with Crippen LogP contribution in [0.3, 0.4) is 0 Å². The van der Waals surface area contributed by atoms with E-state index in [9.17, 15) is 10.2 Å².